The molecule has 1 aliphatic heterocycles. The highest BCUT2D eigenvalue weighted by atomic mass is 16.3. The number of amides is 5. The predicted molar refractivity (Wildman–Crippen MR) is 97.5 cm³/mol. The van der Waals surface area contributed by atoms with E-state index in [0.717, 1.165) is 5.56 Å². The smallest absolute Gasteiger partial charge is 0.328 e. The first-order valence-electron chi connectivity index (χ1n) is 8.62. The standard InChI is InChI=1S/C19H23N3O5/c1-3-9-19(16(25)21-18(27)22-17(19)26)12(2)11-15(24)20-10-8-13-4-6-14(23)7-5-13/h3-7,12,23H,1,8-11H2,2H3,(H,20,24)(H2,21,22,25,26,27). The Morgan fingerprint density at radius 2 is 1.81 bits per heavy atom. The summed E-state index contributed by atoms with van der Waals surface area (Å²) in [6.07, 6.45) is 1.96. The van der Waals surface area contributed by atoms with Crippen LogP contribution in [0.1, 0.15) is 25.3 Å². The third-order valence-electron chi connectivity index (χ3n) is 4.74. The first-order chi connectivity index (χ1) is 12.8. The molecule has 27 heavy (non-hydrogen) atoms. The summed E-state index contributed by atoms with van der Waals surface area (Å²) in [7, 11) is 0. The number of hydrogen-bond donors (Lipinski definition) is 4. The van der Waals surface area contributed by atoms with Gasteiger partial charge in [-0.25, -0.2) is 4.79 Å². The molecule has 0 spiro atoms. The number of phenolic OH excluding ortho intramolecular Hbond substituents is 1. The van der Waals surface area contributed by atoms with E-state index in [2.05, 4.69) is 22.5 Å². The first kappa shape index (κ1) is 20.2. The minimum absolute atomic E-state index is 0.0138. The van der Waals surface area contributed by atoms with Crippen molar-refractivity contribution in [1.29, 1.82) is 0 Å². The number of barbiturate groups is 1. The summed E-state index contributed by atoms with van der Waals surface area (Å²) < 4.78 is 0. The van der Waals surface area contributed by atoms with Gasteiger partial charge in [0, 0.05) is 13.0 Å². The average molecular weight is 373 g/mol. The summed E-state index contributed by atoms with van der Waals surface area (Å²) in [6, 6.07) is 5.79. The van der Waals surface area contributed by atoms with E-state index in [-0.39, 0.29) is 24.5 Å². The number of carbonyl (C=O) groups excluding carboxylic acids is 4. The molecule has 0 bridgehead atoms. The van der Waals surface area contributed by atoms with E-state index < -0.39 is 29.2 Å². The van der Waals surface area contributed by atoms with Gasteiger partial charge in [-0.15, -0.1) is 6.58 Å². The second kappa shape index (κ2) is 8.48. The van der Waals surface area contributed by atoms with Crippen molar-refractivity contribution in [2.24, 2.45) is 11.3 Å². The van der Waals surface area contributed by atoms with E-state index in [4.69, 9.17) is 0 Å². The topological polar surface area (TPSA) is 125 Å². The largest absolute Gasteiger partial charge is 0.508 e. The van der Waals surface area contributed by atoms with E-state index in [1.54, 1.807) is 31.2 Å². The van der Waals surface area contributed by atoms with Gasteiger partial charge in [0.05, 0.1) is 0 Å². The molecule has 1 aromatic carbocycles. The lowest BCUT2D eigenvalue weighted by Crippen LogP contribution is -2.64. The van der Waals surface area contributed by atoms with E-state index >= 15 is 0 Å². The number of carbonyl (C=O) groups is 4. The number of imide groups is 2. The Morgan fingerprint density at radius 1 is 1.22 bits per heavy atom. The summed E-state index contributed by atoms with van der Waals surface area (Å²) in [5.41, 5.74) is -0.599. The SMILES string of the molecule is C=CCC1(C(C)CC(=O)NCCc2ccc(O)cc2)C(=O)NC(=O)NC1=O. The fourth-order valence-corrected chi connectivity index (χ4v) is 3.16. The molecule has 4 N–H and O–H groups in total. The van der Waals surface area contributed by atoms with Gasteiger partial charge < -0.3 is 10.4 Å². The van der Waals surface area contributed by atoms with Crippen LogP contribution in [0.5, 0.6) is 5.75 Å². The maximum atomic E-state index is 12.4. The van der Waals surface area contributed by atoms with Crippen molar-refractivity contribution >= 4 is 23.8 Å². The van der Waals surface area contributed by atoms with Crippen LogP contribution < -0.4 is 16.0 Å². The van der Waals surface area contributed by atoms with Gasteiger partial charge in [-0.2, -0.15) is 0 Å². The molecular formula is C19H23N3O5. The summed E-state index contributed by atoms with van der Waals surface area (Å²) >= 11 is 0. The maximum Gasteiger partial charge on any atom is 0.328 e. The lowest BCUT2D eigenvalue weighted by molar-refractivity contribution is -0.148. The fraction of sp³-hybridized carbons (Fsp3) is 0.368. The number of allylic oxidation sites excluding steroid dienone is 1. The summed E-state index contributed by atoms with van der Waals surface area (Å²) in [4.78, 5) is 48.4. The Morgan fingerprint density at radius 3 is 2.37 bits per heavy atom. The molecule has 1 atom stereocenters. The number of urea groups is 1. The highest BCUT2D eigenvalue weighted by Crippen LogP contribution is 2.36. The molecule has 8 nitrogen and oxygen atoms in total. The van der Waals surface area contributed by atoms with Gasteiger partial charge in [0.25, 0.3) is 0 Å². The van der Waals surface area contributed by atoms with Gasteiger partial charge in [-0.05, 0) is 36.5 Å². The van der Waals surface area contributed by atoms with Crippen molar-refractivity contribution in [3.63, 3.8) is 0 Å². The molecule has 0 saturated carbocycles. The zero-order chi connectivity index (χ0) is 20.0. The third-order valence-corrected chi connectivity index (χ3v) is 4.74. The number of rotatable bonds is 8. The average Bonchev–Trinajstić information content (AvgIpc) is 2.59. The highest BCUT2D eigenvalue weighted by Gasteiger charge is 2.53. The minimum Gasteiger partial charge on any atom is -0.508 e. The fourth-order valence-electron chi connectivity index (χ4n) is 3.16. The predicted octanol–water partition coefficient (Wildman–Crippen LogP) is 1.01. The van der Waals surface area contributed by atoms with E-state index in [0.29, 0.717) is 13.0 Å². The molecule has 5 amide bonds. The van der Waals surface area contributed by atoms with Gasteiger partial charge in [0.2, 0.25) is 17.7 Å². The lowest BCUT2D eigenvalue weighted by atomic mass is 9.69. The molecular weight excluding hydrogens is 350 g/mol. The van der Waals surface area contributed by atoms with E-state index in [9.17, 15) is 24.3 Å². The summed E-state index contributed by atoms with van der Waals surface area (Å²) in [5, 5.41) is 16.2. The van der Waals surface area contributed by atoms with E-state index in [1.165, 1.54) is 6.08 Å². The molecule has 0 radical (unpaired) electrons. The molecule has 0 aromatic heterocycles. The number of aromatic hydroxyl groups is 1. The van der Waals surface area contributed by atoms with Crippen molar-refractivity contribution in [1.82, 2.24) is 16.0 Å². The van der Waals surface area contributed by atoms with Gasteiger partial charge in [-0.1, -0.05) is 25.1 Å². The van der Waals surface area contributed by atoms with Gasteiger partial charge in [-0.3, -0.25) is 25.0 Å². The van der Waals surface area contributed by atoms with Crippen molar-refractivity contribution in [3.8, 4) is 5.75 Å². The van der Waals surface area contributed by atoms with Gasteiger partial charge in [0.1, 0.15) is 11.2 Å². The van der Waals surface area contributed by atoms with Crippen molar-refractivity contribution < 1.29 is 24.3 Å². The molecule has 1 unspecified atom stereocenters. The number of hydrogen-bond acceptors (Lipinski definition) is 5. The molecule has 0 aliphatic carbocycles. The summed E-state index contributed by atoms with van der Waals surface area (Å²) in [5.74, 6) is -2.22. The Bertz CT molecular complexity index is 737. The second-order valence-corrected chi connectivity index (χ2v) is 6.57. The van der Waals surface area contributed by atoms with Crippen LogP contribution >= 0.6 is 0 Å². The van der Waals surface area contributed by atoms with Gasteiger partial charge in [0.15, 0.2) is 0 Å². The first-order valence-corrected chi connectivity index (χ1v) is 8.62. The zero-order valence-corrected chi connectivity index (χ0v) is 15.1. The van der Waals surface area contributed by atoms with Crippen molar-refractivity contribution in [2.45, 2.75) is 26.2 Å². The van der Waals surface area contributed by atoms with Crippen molar-refractivity contribution in [2.75, 3.05) is 6.54 Å². The van der Waals surface area contributed by atoms with Gasteiger partial charge >= 0.3 is 6.03 Å². The van der Waals surface area contributed by atoms with Crippen LogP contribution in [0.25, 0.3) is 0 Å². The number of nitrogens with one attached hydrogen (secondary N) is 3. The molecule has 1 aliphatic rings. The van der Waals surface area contributed by atoms with Crippen LogP contribution in [0.3, 0.4) is 0 Å². The minimum atomic E-state index is -1.55. The molecule has 1 fully saturated rings. The number of phenols is 1. The quantitative estimate of drug-likeness (QED) is 0.400. The zero-order valence-electron chi connectivity index (χ0n) is 15.1. The van der Waals surface area contributed by atoms with Crippen LogP contribution in [-0.2, 0) is 20.8 Å². The second-order valence-electron chi connectivity index (χ2n) is 6.57. The number of benzene rings is 1. The lowest BCUT2D eigenvalue weighted by Gasteiger charge is -2.37. The van der Waals surface area contributed by atoms with Crippen LogP contribution in [0, 0.1) is 11.3 Å². The van der Waals surface area contributed by atoms with Crippen molar-refractivity contribution in [3.05, 3.63) is 42.5 Å². The van der Waals surface area contributed by atoms with Crippen LogP contribution in [-0.4, -0.2) is 35.4 Å². The Labute approximate surface area is 157 Å². The van der Waals surface area contributed by atoms with E-state index in [1.807, 2.05) is 0 Å². The molecule has 1 saturated heterocycles. The third kappa shape index (κ3) is 4.52. The maximum absolute atomic E-state index is 12.4. The molecule has 2 rings (SSSR count). The molecule has 1 heterocycles. The van der Waals surface area contributed by atoms with Crippen LogP contribution in [0.2, 0.25) is 0 Å². The monoisotopic (exact) mass is 373 g/mol. The molecule has 1 aromatic rings. The molecule has 8 heteroatoms. The molecule has 144 valence electrons. The highest BCUT2D eigenvalue weighted by molar-refractivity contribution is 6.19. The Balaban J connectivity index is 1.97. The Kier molecular flexibility index (Phi) is 6.33. The summed E-state index contributed by atoms with van der Waals surface area (Å²) in [6.45, 7) is 5.58. The van der Waals surface area contributed by atoms with Crippen LogP contribution in [0.4, 0.5) is 4.79 Å². The Hall–Kier alpha value is -3.16. The van der Waals surface area contributed by atoms with Crippen LogP contribution in [0.15, 0.2) is 36.9 Å². The normalized spacial score (nSPS) is 16.9.